The Bertz CT molecular complexity index is 493. The van der Waals surface area contributed by atoms with Gasteiger partial charge in [0.2, 0.25) is 0 Å². The van der Waals surface area contributed by atoms with Gasteiger partial charge in [-0.2, -0.15) is 0 Å². The van der Waals surface area contributed by atoms with E-state index >= 15 is 0 Å². The number of nitrogens with one attached hydrogen (secondary N) is 1. The fourth-order valence-corrected chi connectivity index (χ4v) is 2.85. The molecule has 0 saturated heterocycles. The van der Waals surface area contributed by atoms with Crippen molar-refractivity contribution in [3.8, 4) is 0 Å². The molecule has 0 bridgehead atoms. The summed E-state index contributed by atoms with van der Waals surface area (Å²) in [7, 11) is 1.79. The molecular weight excluding hydrogens is 260 g/mol. The summed E-state index contributed by atoms with van der Waals surface area (Å²) in [5, 5.41) is 2.88. The predicted molar refractivity (Wildman–Crippen MR) is 79.6 cm³/mol. The zero-order valence-electron chi connectivity index (χ0n) is 12.0. The molecule has 104 valence electrons. The van der Waals surface area contributed by atoms with Gasteiger partial charge in [0.05, 0.1) is 5.38 Å². The normalized spacial score (nSPS) is 16.9. The molecule has 1 heterocycles. The zero-order chi connectivity index (χ0) is 14.2. The van der Waals surface area contributed by atoms with E-state index in [4.69, 9.17) is 11.6 Å². The molecule has 4 heteroatoms. The summed E-state index contributed by atoms with van der Waals surface area (Å²) < 4.78 is 0. The van der Waals surface area contributed by atoms with E-state index in [-0.39, 0.29) is 16.8 Å². The van der Waals surface area contributed by atoms with Crippen molar-refractivity contribution < 1.29 is 4.79 Å². The maximum Gasteiger partial charge on any atom is 0.321 e. The number of urea groups is 1. The standard InChI is InChI=1S/C15H21ClN2O/c1-15(2,3)8-12(16)10-5-6-13-11(7-10)9-18(4)14(19)17-13/h5-7,12H,8-9H2,1-4H3,(H,17,19). The Hall–Kier alpha value is -1.22. The molecule has 1 aromatic rings. The maximum atomic E-state index is 11.6. The number of anilines is 1. The highest BCUT2D eigenvalue weighted by Crippen LogP contribution is 2.36. The minimum Gasteiger partial charge on any atom is -0.323 e. The fourth-order valence-electron chi connectivity index (χ4n) is 2.25. The lowest BCUT2D eigenvalue weighted by molar-refractivity contribution is 0.218. The highest BCUT2D eigenvalue weighted by atomic mass is 35.5. The largest absolute Gasteiger partial charge is 0.323 e. The van der Waals surface area contributed by atoms with Gasteiger partial charge >= 0.3 is 6.03 Å². The first-order valence-corrected chi connectivity index (χ1v) is 6.99. The number of benzene rings is 1. The van der Waals surface area contributed by atoms with Crippen molar-refractivity contribution in [2.75, 3.05) is 12.4 Å². The zero-order valence-corrected chi connectivity index (χ0v) is 12.7. The van der Waals surface area contributed by atoms with Crippen LogP contribution in [0, 0.1) is 5.41 Å². The van der Waals surface area contributed by atoms with E-state index in [0.29, 0.717) is 6.54 Å². The molecule has 1 atom stereocenters. The van der Waals surface area contributed by atoms with E-state index < -0.39 is 0 Å². The van der Waals surface area contributed by atoms with E-state index in [1.165, 1.54) is 0 Å². The second-order valence-corrected chi connectivity index (χ2v) is 6.96. The average Bonchev–Trinajstić information content (AvgIpc) is 2.27. The van der Waals surface area contributed by atoms with E-state index in [1.807, 2.05) is 12.1 Å². The molecular formula is C15H21ClN2O. The van der Waals surface area contributed by atoms with Crippen molar-refractivity contribution >= 4 is 23.3 Å². The van der Waals surface area contributed by atoms with Gasteiger partial charge in [-0.15, -0.1) is 11.6 Å². The highest BCUT2D eigenvalue weighted by Gasteiger charge is 2.22. The lowest BCUT2D eigenvalue weighted by Gasteiger charge is -2.27. The second kappa shape index (κ2) is 5.04. The summed E-state index contributed by atoms with van der Waals surface area (Å²) in [5.41, 5.74) is 3.35. The van der Waals surface area contributed by atoms with Crippen LogP contribution >= 0.6 is 11.6 Å². The smallest absolute Gasteiger partial charge is 0.321 e. The van der Waals surface area contributed by atoms with Gasteiger partial charge in [0.25, 0.3) is 0 Å². The van der Waals surface area contributed by atoms with Gasteiger partial charge in [-0.25, -0.2) is 4.79 Å². The van der Waals surface area contributed by atoms with Crippen molar-refractivity contribution in [2.45, 2.75) is 39.1 Å². The monoisotopic (exact) mass is 280 g/mol. The summed E-state index contributed by atoms with van der Waals surface area (Å²) in [5.74, 6) is 0. The van der Waals surface area contributed by atoms with Crippen LogP contribution in [0.2, 0.25) is 0 Å². The van der Waals surface area contributed by atoms with Crippen LogP contribution < -0.4 is 5.32 Å². The lowest BCUT2D eigenvalue weighted by atomic mass is 9.88. The summed E-state index contributed by atoms with van der Waals surface area (Å²) in [6, 6.07) is 6.01. The Morgan fingerprint density at radius 1 is 1.42 bits per heavy atom. The first kappa shape index (κ1) is 14.2. The summed E-state index contributed by atoms with van der Waals surface area (Å²) in [6.45, 7) is 7.20. The van der Waals surface area contributed by atoms with Crippen LogP contribution in [-0.2, 0) is 6.54 Å². The van der Waals surface area contributed by atoms with Crippen molar-refractivity contribution in [3.05, 3.63) is 29.3 Å². The van der Waals surface area contributed by atoms with Crippen LogP contribution in [0.1, 0.15) is 43.7 Å². The number of amides is 2. The predicted octanol–water partition coefficient (Wildman–Crippen LogP) is 4.38. The van der Waals surface area contributed by atoms with Crippen molar-refractivity contribution in [1.82, 2.24) is 4.90 Å². The lowest BCUT2D eigenvalue weighted by Crippen LogP contribution is -2.35. The van der Waals surface area contributed by atoms with E-state index in [9.17, 15) is 4.79 Å². The molecule has 2 rings (SSSR count). The Balaban J connectivity index is 2.22. The molecule has 19 heavy (non-hydrogen) atoms. The van der Waals surface area contributed by atoms with E-state index in [1.54, 1.807) is 11.9 Å². The van der Waals surface area contributed by atoms with Crippen LogP contribution in [0.4, 0.5) is 10.5 Å². The summed E-state index contributed by atoms with van der Waals surface area (Å²) in [6.07, 6.45) is 0.926. The Labute approximate surface area is 119 Å². The van der Waals surface area contributed by atoms with Crippen molar-refractivity contribution in [2.24, 2.45) is 5.41 Å². The molecule has 2 amide bonds. The number of carbonyl (C=O) groups excluding carboxylic acids is 1. The Kier molecular flexibility index (Phi) is 3.77. The molecule has 0 radical (unpaired) electrons. The average molecular weight is 281 g/mol. The van der Waals surface area contributed by atoms with E-state index in [2.05, 4.69) is 32.2 Å². The first-order valence-electron chi connectivity index (χ1n) is 6.55. The number of carbonyl (C=O) groups is 1. The Morgan fingerprint density at radius 2 is 2.11 bits per heavy atom. The minimum atomic E-state index is -0.0580. The maximum absolute atomic E-state index is 11.6. The third-order valence-corrected chi connectivity index (χ3v) is 3.68. The van der Waals surface area contributed by atoms with Gasteiger partial charge in [0.1, 0.15) is 0 Å². The van der Waals surface area contributed by atoms with Gasteiger partial charge in [-0.3, -0.25) is 0 Å². The van der Waals surface area contributed by atoms with Crippen molar-refractivity contribution in [3.63, 3.8) is 0 Å². The third kappa shape index (κ3) is 3.41. The molecule has 0 fully saturated rings. The quantitative estimate of drug-likeness (QED) is 0.801. The van der Waals surface area contributed by atoms with Crippen LogP contribution in [0.5, 0.6) is 0 Å². The van der Waals surface area contributed by atoms with Gasteiger partial charge in [-0.1, -0.05) is 32.9 Å². The minimum absolute atomic E-state index is 0.00762. The number of hydrogen-bond donors (Lipinski definition) is 1. The number of hydrogen-bond acceptors (Lipinski definition) is 1. The highest BCUT2D eigenvalue weighted by molar-refractivity contribution is 6.20. The molecule has 1 aliphatic rings. The SMILES string of the molecule is CN1Cc2cc(C(Cl)CC(C)(C)C)ccc2NC1=O. The van der Waals surface area contributed by atoms with Crippen molar-refractivity contribution in [1.29, 1.82) is 0 Å². The summed E-state index contributed by atoms with van der Waals surface area (Å²) >= 11 is 6.50. The van der Waals surface area contributed by atoms with Crippen LogP contribution in [-0.4, -0.2) is 18.0 Å². The molecule has 0 aliphatic carbocycles. The van der Waals surface area contributed by atoms with E-state index in [0.717, 1.165) is 23.2 Å². The second-order valence-electron chi connectivity index (χ2n) is 6.44. The van der Waals surface area contributed by atoms with Gasteiger partial charge in [0, 0.05) is 19.3 Å². The molecule has 1 aliphatic heterocycles. The fraction of sp³-hybridized carbons (Fsp3) is 0.533. The number of halogens is 1. The van der Waals surface area contributed by atoms with Gasteiger partial charge in [-0.05, 0) is 29.0 Å². The van der Waals surface area contributed by atoms with Crippen LogP contribution in [0.3, 0.4) is 0 Å². The molecule has 1 unspecified atom stereocenters. The molecule has 3 nitrogen and oxygen atoms in total. The molecule has 0 spiro atoms. The first-order chi connectivity index (χ1) is 8.76. The van der Waals surface area contributed by atoms with Crippen LogP contribution in [0.25, 0.3) is 0 Å². The Morgan fingerprint density at radius 3 is 2.74 bits per heavy atom. The number of nitrogens with zero attached hydrogens (tertiary/aromatic N) is 1. The number of rotatable bonds is 2. The molecule has 1 aromatic carbocycles. The van der Waals surface area contributed by atoms with Gasteiger partial charge in [0.15, 0.2) is 0 Å². The molecule has 0 aromatic heterocycles. The number of alkyl halides is 1. The summed E-state index contributed by atoms with van der Waals surface area (Å²) in [4.78, 5) is 13.2. The molecule has 0 saturated carbocycles. The topological polar surface area (TPSA) is 32.3 Å². The van der Waals surface area contributed by atoms with Crippen LogP contribution in [0.15, 0.2) is 18.2 Å². The van der Waals surface area contributed by atoms with Gasteiger partial charge < -0.3 is 10.2 Å². The third-order valence-electron chi connectivity index (χ3n) is 3.28. The molecule has 1 N–H and O–H groups in total. The number of fused-ring (bicyclic) bond motifs is 1.